The van der Waals surface area contributed by atoms with Crippen LogP contribution in [0, 0.1) is 0 Å². The summed E-state index contributed by atoms with van der Waals surface area (Å²) >= 11 is 0. The van der Waals surface area contributed by atoms with Crippen molar-refractivity contribution in [3.8, 4) is 5.75 Å². The molecule has 0 bridgehead atoms. The molecule has 1 saturated heterocycles. The largest absolute Gasteiger partial charge is 0.497 e. The molecule has 1 aromatic rings. The van der Waals surface area contributed by atoms with Crippen molar-refractivity contribution in [3.05, 3.63) is 29.8 Å². The Labute approximate surface area is 186 Å². The molecule has 0 spiro atoms. The molecule has 1 aliphatic heterocycles. The van der Waals surface area contributed by atoms with Gasteiger partial charge in [-0.05, 0) is 49.8 Å². The summed E-state index contributed by atoms with van der Waals surface area (Å²) in [7, 11) is 1.69. The Morgan fingerprint density at radius 1 is 1.29 bits per heavy atom. The van der Waals surface area contributed by atoms with Crippen molar-refractivity contribution in [3.63, 3.8) is 0 Å². The highest BCUT2D eigenvalue weighted by Gasteiger charge is 2.18. The topological polar surface area (TPSA) is 66.0 Å². The number of carbonyl (C=O) groups is 1. The van der Waals surface area contributed by atoms with E-state index in [4.69, 9.17) is 4.74 Å². The number of aliphatic imine (C=N–C) groups is 1. The summed E-state index contributed by atoms with van der Waals surface area (Å²) in [4.78, 5) is 18.2. The molecule has 1 aliphatic rings. The van der Waals surface area contributed by atoms with Crippen LogP contribution in [0.2, 0.25) is 0 Å². The van der Waals surface area contributed by atoms with E-state index in [2.05, 4.69) is 41.6 Å². The first-order valence-corrected chi connectivity index (χ1v) is 10.1. The first-order valence-electron chi connectivity index (χ1n) is 10.1. The maximum absolute atomic E-state index is 11.6. The Morgan fingerprint density at radius 2 is 2.04 bits per heavy atom. The number of guanidine groups is 1. The Kier molecular flexibility index (Phi) is 11.9. The monoisotopic (exact) mass is 502 g/mol. The van der Waals surface area contributed by atoms with Crippen molar-refractivity contribution in [1.29, 1.82) is 0 Å². The average Bonchev–Trinajstić information content (AvgIpc) is 3.10. The number of hydrogen-bond acceptors (Lipinski definition) is 3. The molecular formula is C21H35IN4O2. The van der Waals surface area contributed by atoms with Crippen LogP contribution >= 0.6 is 24.0 Å². The molecule has 0 saturated carbocycles. The molecule has 0 aliphatic carbocycles. The molecule has 2 rings (SSSR count). The lowest BCUT2D eigenvalue weighted by Gasteiger charge is -2.16. The molecule has 1 fully saturated rings. The van der Waals surface area contributed by atoms with Gasteiger partial charge < -0.3 is 20.3 Å². The number of ether oxygens (including phenoxy) is 1. The Morgan fingerprint density at radius 3 is 2.64 bits per heavy atom. The molecule has 7 heteroatoms. The number of hydrogen-bond donors (Lipinski definition) is 2. The maximum atomic E-state index is 11.6. The Bertz CT molecular complexity index is 607. The highest BCUT2D eigenvalue weighted by molar-refractivity contribution is 14.0. The quantitative estimate of drug-likeness (QED) is 0.223. The van der Waals surface area contributed by atoms with Crippen molar-refractivity contribution in [2.24, 2.45) is 4.99 Å². The molecule has 1 unspecified atom stereocenters. The molecule has 1 heterocycles. The molecule has 2 N–H and O–H groups in total. The number of amides is 1. The van der Waals surface area contributed by atoms with Crippen LogP contribution in [-0.2, 0) is 4.79 Å². The van der Waals surface area contributed by atoms with Gasteiger partial charge in [0.25, 0.3) is 0 Å². The number of benzene rings is 1. The van der Waals surface area contributed by atoms with Crippen LogP contribution in [0.4, 0.5) is 0 Å². The second-order valence-corrected chi connectivity index (χ2v) is 6.99. The van der Waals surface area contributed by atoms with E-state index in [9.17, 15) is 4.79 Å². The van der Waals surface area contributed by atoms with Crippen LogP contribution in [0.5, 0.6) is 5.75 Å². The van der Waals surface area contributed by atoms with Crippen molar-refractivity contribution < 1.29 is 9.53 Å². The van der Waals surface area contributed by atoms with E-state index in [1.165, 1.54) is 5.56 Å². The lowest BCUT2D eigenvalue weighted by atomic mass is 9.98. The van der Waals surface area contributed by atoms with Gasteiger partial charge in [-0.25, -0.2) is 0 Å². The van der Waals surface area contributed by atoms with Gasteiger partial charge in [0.05, 0.1) is 7.11 Å². The van der Waals surface area contributed by atoms with Crippen molar-refractivity contribution in [1.82, 2.24) is 15.5 Å². The number of carbonyl (C=O) groups excluding carboxylic acids is 1. The van der Waals surface area contributed by atoms with E-state index in [0.717, 1.165) is 63.7 Å². The van der Waals surface area contributed by atoms with Gasteiger partial charge in [-0.1, -0.05) is 19.1 Å². The molecule has 1 aromatic carbocycles. The van der Waals surface area contributed by atoms with Gasteiger partial charge in [0.1, 0.15) is 5.75 Å². The van der Waals surface area contributed by atoms with Crippen LogP contribution < -0.4 is 15.4 Å². The van der Waals surface area contributed by atoms with Crippen molar-refractivity contribution >= 4 is 35.8 Å². The Hall–Kier alpha value is -1.51. The zero-order valence-electron chi connectivity index (χ0n) is 17.4. The van der Waals surface area contributed by atoms with Crippen LogP contribution in [0.3, 0.4) is 0 Å². The number of nitrogens with one attached hydrogen (secondary N) is 2. The predicted molar refractivity (Wildman–Crippen MR) is 126 cm³/mol. The molecular weight excluding hydrogens is 467 g/mol. The highest BCUT2D eigenvalue weighted by atomic mass is 127. The van der Waals surface area contributed by atoms with Crippen molar-refractivity contribution in [2.75, 3.05) is 39.8 Å². The van der Waals surface area contributed by atoms with Crippen molar-refractivity contribution in [2.45, 2.75) is 45.4 Å². The van der Waals surface area contributed by atoms with Crippen LogP contribution in [0.25, 0.3) is 0 Å². The van der Waals surface area contributed by atoms with E-state index in [0.29, 0.717) is 12.3 Å². The van der Waals surface area contributed by atoms with E-state index < -0.39 is 0 Å². The minimum absolute atomic E-state index is 0. The Balaban J connectivity index is 0.00000392. The SMILES string of the molecule is CCNC(=NCCCN1CCCC1=O)NCCC(C)c1ccc(OC)cc1.I. The molecule has 0 aromatic heterocycles. The minimum atomic E-state index is 0. The maximum Gasteiger partial charge on any atom is 0.222 e. The zero-order valence-corrected chi connectivity index (χ0v) is 19.7. The summed E-state index contributed by atoms with van der Waals surface area (Å²) < 4.78 is 5.22. The van der Waals surface area contributed by atoms with Gasteiger partial charge in [0.15, 0.2) is 5.96 Å². The van der Waals surface area contributed by atoms with Crippen LogP contribution in [0.15, 0.2) is 29.3 Å². The number of likely N-dealkylation sites (tertiary alicyclic amines) is 1. The first-order chi connectivity index (χ1) is 13.1. The van der Waals surface area contributed by atoms with Gasteiger partial charge in [-0.15, -0.1) is 24.0 Å². The van der Waals surface area contributed by atoms with E-state index in [1.54, 1.807) is 7.11 Å². The number of halogens is 1. The second-order valence-electron chi connectivity index (χ2n) is 6.99. The van der Waals surface area contributed by atoms with Crippen LogP contribution in [0.1, 0.15) is 51.0 Å². The third-order valence-corrected chi connectivity index (χ3v) is 4.93. The lowest BCUT2D eigenvalue weighted by Crippen LogP contribution is -2.38. The van der Waals surface area contributed by atoms with Gasteiger partial charge in [0.2, 0.25) is 5.91 Å². The summed E-state index contributed by atoms with van der Waals surface area (Å²) in [6.07, 6.45) is 3.64. The van der Waals surface area contributed by atoms with Gasteiger partial charge in [-0.3, -0.25) is 9.79 Å². The first kappa shape index (κ1) is 24.5. The summed E-state index contributed by atoms with van der Waals surface area (Å²) in [6, 6.07) is 8.27. The number of nitrogens with zero attached hydrogens (tertiary/aromatic N) is 2. The molecule has 158 valence electrons. The predicted octanol–water partition coefficient (Wildman–Crippen LogP) is 3.37. The molecule has 1 atom stereocenters. The molecule has 1 amide bonds. The third-order valence-electron chi connectivity index (χ3n) is 4.93. The summed E-state index contributed by atoms with van der Waals surface area (Å²) in [5.41, 5.74) is 1.31. The summed E-state index contributed by atoms with van der Waals surface area (Å²) in [5, 5.41) is 6.70. The lowest BCUT2D eigenvalue weighted by molar-refractivity contribution is -0.127. The minimum Gasteiger partial charge on any atom is -0.497 e. The van der Waals surface area contributed by atoms with E-state index in [1.807, 2.05) is 17.0 Å². The van der Waals surface area contributed by atoms with E-state index >= 15 is 0 Å². The summed E-state index contributed by atoms with van der Waals surface area (Å²) in [6.45, 7) is 8.46. The molecule has 28 heavy (non-hydrogen) atoms. The average molecular weight is 502 g/mol. The number of rotatable bonds is 10. The van der Waals surface area contributed by atoms with Gasteiger partial charge in [0, 0.05) is 39.1 Å². The third kappa shape index (κ3) is 8.24. The van der Waals surface area contributed by atoms with Crippen LogP contribution in [-0.4, -0.2) is 56.6 Å². The number of methoxy groups -OCH3 is 1. The smallest absolute Gasteiger partial charge is 0.222 e. The van der Waals surface area contributed by atoms with Gasteiger partial charge >= 0.3 is 0 Å². The standard InChI is InChI=1S/C21H34N4O2.HI/c1-4-22-21(23-13-6-16-25-15-5-7-20(25)26)24-14-12-17(2)18-8-10-19(27-3)11-9-18;/h8-11,17H,4-7,12-16H2,1-3H3,(H2,22,23,24);1H. The highest BCUT2D eigenvalue weighted by Crippen LogP contribution is 2.21. The zero-order chi connectivity index (χ0) is 19.5. The molecule has 6 nitrogen and oxygen atoms in total. The van der Waals surface area contributed by atoms with E-state index in [-0.39, 0.29) is 29.9 Å². The fourth-order valence-electron chi connectivity index (χ4n) is 3.24. The fraction of sp³-hybridized carbons (Fsp3) is 0.619. The molecule has 0 radical (unpaired) electrons. The fourth-order valence-corrected chi connectivity index (χ4v) is 3.24. The normalized spacial score (nSPS) is 15.2. The summed E-state index contributed by atoms with van der Waals surface area (Å²) in [5.74, 6) is 2.50. The van der Waals surface area contributed by atoms with Gasteiger partial charge in [-0.2, -0.15) is 0 Å². The second kappa shape index (κ2) is 13.6.